The number of rotatable bonds is 6. The predicted molar refractivity (Wildman–Crippen MR) is 119 cm³/mol. The summed E-state index contributed by atoms with van der Waals surface area (Å²) in [5, 5.41) is 10.00. The van der Waals surface area contributed by atoms with Crippen molar-refractivity contribution in [3.63, 3.8) is 0 Å². The number of phenolic OH excluding ortho intramolecular Hbond substituents is 1. The molecule has 0 unspecified atom stereocenters. The van der Waals surface area contributed by atoms with E-state index in [1.54, 1.807) is 6.07 Å². The number of phenols is 1. The molecular formula is C24H32FIO2. The Hall–Kier alpha value is -0.650. The smallest absolute Gasteiger partial charge is 0.139 e. The Bertz CT molecular complexity index is 735. The van der Waals surface area contributed by atoms with Gasteiger partial charge in [-0.15, -0.1) is 0 Å². The Kier molecular flexibility index (Phi) is 6.06. The lowest BCUT2D eigenvalue weighted by Crippen LogP contribution is -2.50. The number of hydrogen-bond donors (Lipinski definition) is 1. The van der Waals surface area contributed by atoms with Crippen LogP contribution in [0.1, 0.15) is 75.3 Å². The molecule has 1 N–H and O–H groups in total. The molecule has 3 aliphatic carbocycles. The highest BCUT2D eigenvalue weighted by molar-refractivity contribution is 14.1. The summed E-state index contributed by atoms with van der Waals surface area (Å²) in [7, 11) is 0. The van der Waals surface area contributed by atoms with Gasteiger partial charge in [0.05, 0.1) is 0 Å². The van der Waals surface area contributed by atoms with Crippen molar-refractivity contribution in [3.05, 3.63) is 29.3 Å². The fourth-order valence-electron chi connectivity index (χ4n) is 6.69. The van der Waals surface area contributed by atoms with Crippen LogP contribution in [0.2, 0.25) is 0 Å². The van der Waals surface area contributed by atoms with Crippen molar-refractivity contribution in [2.24, 2.45) is 23.2 Å². The highest BCUT2D eigenvalue weighted by Crippen LogP contribution is 2.62. The van der Waals surface area contributed by atoms with Crippen LogP contribution in [0.15, 0.2) is 18.2 Å². The lowest BCUT2D eigenvalue weighted by atomic mass is 9.51. The minimum Gasteiger partial charge on any atom is -0.508 e. The molecule has 4 heteroatoms. The number of fused-ring (bicyclic) bond motifs is 5. The summed E-state index contributed by atoms with van der Waals surface area (Å²) in [4.78, 5) is 12.7. The molecule has 28 heavy (non-hydrogen) atoms. The van der Waals surface area contributed by atoms with Crippen LogP contribution >= 0.6 is 22.6 Å². The van der Waals surface area contributed by atoms with Crippen LogP contribution in [0.3, 0.4) is 0 Å². The molecule has 0 bridgehead atoms. The van der Waals surface area contributed by atoms with Crippen LogP contribution in [0.25, 0.3) is 0 Å². The second-order valence-electron chi connectivity index (χ2n) is 9.55. The van der Waals surface area contributed by atoms with E-state index in [0.29, 0.717) is 24.7 Å². The highest BCUT2D eigenvalue weighted by Gasteiger charge is 2.60. The van der Waals surface area contributed by atoms with Gasteiger partial charge in [0.2, 0.25) is 0 Å². The first kappa shape index (κ1) is 20.6. The second-order valence-corrected chi connectivity index (χ2v) is 10.6. The molecule has 0 amide bonds. The van der Waals surface area contributed by atoms with Gasteiger partial charge in [-0.1, -0.05) is 54.8 Å². The van der Waals surface area contributed by atoms with Crippen LogP contribution in [0.5, 0.6) is 5.75 Å². The van der Waals surface area contributed by atoms with Gasteiger partial charge in [0.1, 0.15) is 17.7 Å². The fraction of sp³-hybridized carbons (Fsp3) is 0.708. The summed E-state index contributed by atoms with van der Waals surface area (Å²) in [6, 6.07) is 5.51. The molecule has 6 atom stereocenters. The largest absolute Gasteiger partial charge is 0.508 e. The zero-order valence-corrected chi connectivity index (χ0v) is 19.0. The third kappa shape index (κ3) is 3.52. The minimum absolute atomic E-state index is 0.104. The van der Waals surface area contributed by atoms with Crippen LogP contribution in [-0.4, -0.2) is 21.5 Å². The number of ketones is 1. The molecule has 1 aromatic rings. The third-order valence-corrected chi connectivity index (χ3v) is 8.76. The maximum atomic E-state index is 15.6. The van der Waals surface area contributed by atoms with E-state index in [2.05, 4.69) is 22.6 Å². The highest BCUT2D eigenvalue weighted by atomic mass is 127. The Balaban J connectivity index is 1.64. The van der Waals surface area contributed by atoms with Crippen molar-refractivity contribution in [3.8, 4) is 5.75 Å². The van der Waals surface area contributed by atoms with E-state index < -0.39 is 11.6 Å². The standard InChI is InChI=1S/C24H32FIO2/c1-24-14-20(25)23-18-8-7-17(27)13-16(18)12-15(6-4-2-3-5-11-26)22(23)19(24)9-10-21(24)28/h7-8,13,15,19-20,22-23,27H,2-6,9-12,14H2,1H3/t15-,19+,20+,22+,23+,24+/m1/s1. The van der Waals surface area contributed by atoms with E-state index in [-0.39, 0.29) is 23.4 Å². The molecule has 2 nitrogen and oxygen atoms in total. The van der Waals surface area contributed by atoms with Gasteiger partial charge in [0.25, 0.3) is 0 Å². The Morgan fingerprint density at radius 1 is 1.25 bits per heavy atom. The molecule has 0 aromatic heterocycles. The van der Waals surface area contributed by atoms with Crippen molar-refractivity contribution in [2.45, 2.75) is 76.8 Å². The summed E-state index contributed by atoms with van der Waals surface area (Å²) in [6.45, 7) is 2.04. The number of carbonyl (C=O) groups excluding carboxylic acids is 1. The number of alkyl halides is 2. The Morgan fingerprint density at radius 2 is 2.04 bits per heavy atom. The molecule has 0 saturated heterocycles. The van der Waals surface area contributed by atoms with Crippen molar-refractivity contribution in [1.82, 2.24) is 0 Å². The molecular weight excluding hydrogens is 466 g/mol. The average molecular weight is 498 g/mol. The van der Waals surface area contributed by atoms with Gasteiger partial charge in [-0.05, 0) is 77.5 Å². The summed E-state index contributed by atoms with van der Waals surface area (Å²) in [6.07, 6.45) is 7.98. The van der Waals surface area contributed by atoms with Crippen LogP contribution in [-0.2, 0) is 11.2 Å². The molecule has 3 aliphatic rings. The third-order valence-electron chi connectivity index (χ3n) is 8.00. The van der Waals surface area contributed by atoms with Gasteiger partial charge in [-0.2, -0.15) is 0 Å². The monoisotopic (exact) mass is 498 g/mol. The summed E-state index contributed by atoms with van der Waals surface area (Å²) >= 11 is 2.44. The van der Waals surface area contributed by atoms with Gasteiger partial charge in [-0.3, -0.25) is 4.79 Å². The topological polar surface area (TPSA) is 37.3 Å². The number of aromatic hydroxyl groups is 1. The van der Waals surface area contributed by atoms with E-state index in [1.807, 2.05) is 19.1 Å². The van der Waals surface area contributed by atoms with Gasteiger partial charge in [-0.25, -0.2) is 4.39 Å². The number of halogens is 2. The Morgan fingerprint density at radius 3 is 2.82 bits per heavy atom. The molecule has 0 radical (unpaired) electrons. The minimum atomic E-state index is -0.960. The lowest BCUT2D eigenvalue weighted by Gasteiger charge is -2.53. The second kappa shape index (κ2) is 8.23. The predicted octanol–water partition coefficient (Wildman–Crippen LogP) is 6.38. The lowest BCUT2D eigenvalue weighted by molar-refractivity contribution is -0.132. The van der Waals surface area contributed by atoms with Crippen LogP contribution < -0.4 is 0 Å². The van der Waals surface area contributed by atoms with E-state index in [4.69, 9.17) is 0 Å². The molecule has 2 saturated carbocycles. The van der Waals surface area contributed by atoms with Gasteiger partial charge in [0.15, 0.2) is 0 Å². The van der Waals surface area contributed by atoms with Crippen molar-refractivity contribution < 1.29 is 14.3 Å². The normalized spacial score (nSPS) is 36.7. The van der Waals surface area contributed by atoms with E-state index in [1.165, 1.54) is 30.1 Å². The van der Waals surface area contributed by atoms with Gasteiger partial charge in [0, 0.05) is 17.8 Å². The summed E-state index contributed by atoms with van der Waals surface area (Å²) in [5.41, 5.74) is 1.76. The van der Waals surface area contributed by atoms with Gasteiger partial charge >= 0.3 is 0 Å². The molecule has 0 spiro atoms. The SMILES string of the molecule is C[C@]12C[C@H](F)[C@@H]3c4ccc(O)cc4C[C@@H](CCCCCCI)[C@H]3[C@@H]1CCC2=O. The molecule has 154 valence electrons. The number of Topliss-reactive ketones (excluding diaryl/α,β-unsaturated/α-hetero) is 1. The number of hydrogen-bond acceptors (Lipinski definition) is 2. The maximum absolute atomic E-state index is 15.6. The number of benzene rings is 1. The molecule has 4 rings (SSSR count). The maximum Gasteiger partial charge on any atom is 0.139 e. The van der Waals surface area contributed by atoms with E-state index in [0.717, 1.165) is 30.4 Å². The summed E-state index contributed by atoms with van der Waals surface area (Å²) < 4.78 is 16.8. The van der Waals surface area contributed by atoms with Crippen molar-refractivity contribution in [2.75, 3.05) is 4.43 Å². The Labute approximate surface area is 181 Å². The fourth-order valence-corrected chi connectivity index (χ4v) is 7.23. The van der Waals surface area contributed by atoms with E-state index in [9.17, 15) is 9.90 Å². The average Bonchev–Trinajstić information content (AvgIpc) is 2.95. The number of unbranched alkanes of at least 4 members (excludes halogenated alkanes) is 3. The van der Waals surface area contributed by atoms with Crippen LogP contribution in [0.4, 0.5) is 4.39 Å². The van der Waals surface area contributed by atoms with Crippen molar-refractivity contribution >= 4 is 28.4 Å². The first-order valence-corrected chi connectivity index (χ1v) is 12.5. The zero-order valence-electron chi connectivity index (χ0n) is 16.8. The molecule has 1 aromatic carbocycles. The van der Waals surface area contributed by atoms with Crippen LogP contribution in [0, 0.1) is 23.2 Å². The first-order valence-electron chi connectivity index (χ1n) is 11.0. The summed E-state index contributed by atoms with van der Waals surface area (Å²) in [5.74, 6) is 1.47. The molecule has 0 aliphatic heterocycles. The van der Waals surface area contributed by atoms with Gasteiger partial charge < -0.3 is 5.11 Å². The van der Waals surface area contributed by atoms with Crippen molar-refractivity contribution in [1.29, 1.82) is 0 Å². The van der Waals surface area contributed by atoms with E-state index >= 15 is 4.39 Å². The quantitative estimate of drug-likeness (QED) is 0.281. The molecule has 2 fully saturated rings. The molecule has 0 heterocycles. The zero-order chi connectivity index (χ0) is 19.9. The number of carbonyl (C=O) groups is 1. The first-order chi connectivity index (χ1) is 13.5.